The van der Waals surface area contributed by atoms with Crippen LogP contribution in [0.5, 0.6) is 0 Å². The van der Waals surface area contributed by atoms with Crippen molar-refractivity contribution in [1.29, 1.82) is 0 Å². The molecule has 1 fully saturated rings. The van der Waals surface area contributed by atoms with Crippen LogP contribution in [0.2, 0.25) is 0 Å². The number of allylic oxidation sites excluding steroid dienone is 1. The number of nitrogens with one attached hydrogen (secondary N) is 1. The van der Waals surface area contributed by atoms with Crippen molar-refractivity contribution < 1.29 is 13.7 Å². The fraction of sp³-hybridized carbons (Fsp3) is 0.522. The summed E-state index contributed by atoms with van der Waals surface area (Å²) < 4.78 is 18.6. The Morgan fingerprint density at radius 3 is 2.90 bits per heavy atom. The highest BCUT2D eigenvalue weighted by Crippen LogP contribution is 2.27. The predicted molar refractivity (Wildman–Crippen MR) is 112 cm³/mol. The highest BCUT2D eigenvalue weighted by Gasteiger charge is 2.27. The maximum Gasteiger partial charge on any atom is 0.234 e. The molecular weight excluding hydrogens is 383 g/mol. The molecule has 1 aliphatic heterocycles. The molecule has 1 atom stereocenters. The number of hydrogen-bond donors (Lipinski definition) is 1. The Kier molecular flexibility index (Phi) is 6.89. The van der Waals surface area contributed by atoms with Crippen molar-refractivity contribution in [3.05, 3.63) is 47.6 Å². The lowest BCUT2D eigenvalue weighted by Crippen LogP contribution is -2.42. The van der Waals surface area contributed by atoms with Gasteiger partial charge in [-0.2, -0.15) is 4.98 Å². The molecule has 0 saturated carbocycles. The zero-order chi connectivity index (χ0) is 20.8. The van der Waals surface area contributed by atoms with E-state index in [0.717, 1.165) is 37.9 Å². The summed E-state index contributed by atoms with van der Waals surface area (Å²) in [6.07, 6.45) is 10.1. The first-order valence-electron chi connectivity index (χ1n) is 10.9. The summed E-state index contributed by atoms with van der Waals surface area (Å²) in [4.78, 5) is 19.0. The van der Waals surface area contributed by atoms with Crippen molar-refractivity contribution in [1.82, 2.24) is 20.4 Å². The van der Waals surface area contributed by atoms with Gasteiger partial charge in [-0.05, 0) is 75.8 Å². The Bertz CT molecular complexity index is 878. The molecule has 1 unspecified atom stereocenters. The molecule has 0 bridgehead atoms. The van der Waals surface area contributed by atoms with Crippen LogP contribution in [0.4, 0.5) is 4.39 Å². The van der Waals surface area contributed by atoms with E-state index in [0.29, 0.717) is 24.8 Å². The van der Waals surface area contributed by atoms with Crippen LogP contribution in [0, 0.1) is 5.82 Å². The van der Waals surface area contributed by atoms with E-state index in [4.69, 9.17) is 4.52 Å². The van der Waals surface area contributed by atoms with Gasteiger partial charge in [0, 0.05) is 18.7 Å². The second-order valence-corrected chi connectivity index (χ2v) is 8.25. The van der Waals surface area contributed by atoms with Crippen molar-refractivity contribution >= 4 is 5.91 Å². The summed E-state index contributed by atoms with van der Waals surface area (Å²) in [6, 6.07) is 6.06. The number of piperidine rings is 1. The molecule has 0 spiro atoms. The van der Waals surface area contributed by atoms with Gasteiger partial charge in [0.05, 0.1) is 12.5 Å². The van der Waals surface area contributed by atoms with E-state index in [1.807, 2.05) is 0 Å². The average molecular weight is 413 g/mol. The van der Waals surface area contributed by atoms with E-state index in [2.05, 4.69) is 26.4 Å². The smallest absolute Gasteiger partial charge is 0.234 e. The van der Waals surface area contributed by atoms with Crippen molar-refractivity contribution in [3.63, 3.8) is 0 Å². The number of halogens is 1. The van der Waals surface area contributed by atoms with Gasteiger partial charge < -0.3 is 9.84 Å². The van der Waals surface area contributed by atoms with Gasteiger partial charge in [-0.1, -0.05) is 16.8 Å². The fourth-order valence-electron chi connectivity index (χ4n) is 4.27. The Labute approximate surface area is 176 Å². The maximum absolute atomic E-state index is 13.1. The van der Waals surface area contributed by atoms with Crippen molar-refractivity contribution in [3.8, 4) is 11.4 Å². The molecule has 1 aliphatic carbocycles. The van der Waals surface area contributed by atoms with Crippen LogP contribution < -0.4 is 5.32 Å². The number of likely N-dealkylation sites (tertiary alicyclic amines) is 1. The molecular formula is C23H29FN4O2. The summed E-state index contributed by atoms with van der Waals surface area (Å²) in [7, 11) is 0. The molecule has 4 rings (SSSR count). The van der Waals surface area contributed by atoms with Gasteiger partial charge >= 0.3 is 0 Å². The number of carbonyl (C=O) groups is 1. The van der Waals surface area contributed by atoms with Crippen molar-refractivity contribution in [2.24, 2.45) is 0 Å². The monoisotopic (exact) mass is 412 g/mol. The van der Waals surface area contributed by atoms with Crippen LogP contribution in [0.1, 0.15) is 56.8 Å². The summed E-state index contributed by atoms with van der Waals surface area (Å²) in [5.41, 5.74) is 2.21. The largest absolute Gasteiger partial charge is 0.355 e. The van der Waals surface area contributed by atoms with Crippen molar-refractivity contribution in [2.75, 3.05) is 26.2 Å². The zero-order valence-corrected chi connectivity index (χ0v) is 17.3. The number of hydrogen-bond acceptors (Lipinski definition) is 5. The van der Waals surface area contributed by atoms with E-state index < -0.39 is 0 Å². The Morgan fingerprint density at radius 1 is 1.23 bits per heavy atom. The van der Waals surface area contributed by atoms with E-state index >= 15 is 0 Å². The number of benzene rings is 1. The van der Waals surface area contributed by atoms with E-state index in [1.165, 1.54) is 43.4 Å². The standard InChI is InChI=1S/C23H29FN4O2/c24-20-10-8-18(9-11-20)22-26-23(30-27-22)19-7-4-14-28(15-19)16-21(29)25-13-12-17-5-2-1-3-6-17/h5,8-11,19H,1-4,6-7,12-16H2,(H,25,29). The highest BCUT2D eigenvalue weighted by molar-refractivity contribution is 5.78. The summed E-state index contributed by atoms with van der Waals surface area (Å²) >= 11 is 0. The van der Waals surface area contributed by atoms with Gasteiger partial charge in [0.2, 0.25) is 17.6 Å². The van der Waals surface area contributed by atoms with Crippen LogP contribution in [-0.2, 0) is 4.79 Å². The van der Waals surface area contributed by atoms with E-state index in [1.54, 1.807) is 12.1 Å². The number of aromatic nitrogens is 2. The number of nitrogens with zero attached hydrogens (tertiary/aromatic N) is 3. The van der Waals surface area contributed by atoms with Gasteiger partial charge in [-0.25, -0.2) is 4.39 Å². The van der Waals surface area contributed by atoms with Crippen LogP contribution in [0.25, 0.3) is 11.4 Å². The SMILES string of the molecule is O=C(CN1CCCC(c2nc(-c3ccc(F)cc3)no2)C1)NCCC1=CCCCC1. The average Bonchev–Trinajstić information content (AvgIpc) is 3.26. The highest BCUT2D eigenvalue weighted by atomic mass is 19.1. The molecule has 2 aromatic rings. The molecule has 30 heavy (non-hydrogen) atoms. The van der Waals surface area contributed by atoms with E-state index in [-0.39, 0.29) is 17.6 Å². The lowest BCUT2D eigenvalue weighted by atomic mass is 9.97. The third kappa shape index (κ3) is 5.53. The predicted octanol–water partition coefficient (Wildman–Crippen LogP) is 4.06. The fourth-order valence-corrected chi connectivity index (χ4v) is 4.27. The Hall–Kier alpha value is -2.54. The second kappa shape index (κ2) is 9.98. The molecule has 1 aromatic heterocycles. The molecule has 160 valence electrons. The number of amides is 1. The maximum atomic E-state index is 13.1. The van der Waals surface area contributed by atoms with Crippen LogP contribution in [0.3, 0.4) is 0 Å². The Balaban J connectivity index is 1.26. The molecule has 0 radical (unpaired) electrons. The molecule has 2 heterocycles. The number of rotatable bonds is 7. The topological polar surface area (TPSA) is 71.3 Å². The zero-order valence-electron chi connectivity index (χ0n) is 17.3. The van der Waals surface area contributed by atoms with Gasteiger partial charge in [0.15, 0.2) is 0 Å². The number of carbonyl (C=O) groups excluding carboxylic acids is 1. The minimum atomic E-state index is -0.292. The minimum absolute atomic E-state index is 0.0737. The Morgan fingerprint density at radius 2 is 2.10 bits per heavy atom. The lowest BCUT2D eigenvalue weighted by molar-refractivity contribution is -0.122. The van der Waals surface area contributed by atoms with Gasteiger partial charge in [0.1, 0.15) is 5.82 Å². The molecule has 1 aromatic carbocycles. The first kappa shape index (κ1) is 20.7. The quantitative estimate of drug-likeness (QED) is 0.695. The van der Waals surface area contributed by atoms with Crippen LogP contribution in [-0.4, -0.2) is 47.1 Å². The first-order valence-corrected chi connectivity index (χ1v) is 10.9. The van der Waals surface area contributed by atoms with E-state index in [9.17, 15) is 9.18 Å². The van der Waals surface area contributed by atoms with Gasteiger partial charge in [-0.15, -0.1) is 0 Å². The molecule has 7 heteroatoms. The molecule has 1 saturated heterocycles. The van der Waals surface area contributed by atoms with Crippen LogP contribution in [0.15, 0.2) is 40.4 Å². The molecule has 6 nitrogen and oxygen atoms in total. The summed E-state index contributed by atoms with van der Waals surface area (Å²) in [6.45, 7) is 2.73. The third-order valence-electron chi connectivity index (χ3n) is 5.92. The summed E-state index contributed by atoms with van der Waals surface area (Å²) in [5.74, 6) is 0.949. The molecule has 1 N–H and O–H groups in total. The normalized spacial score (nSPS) is 20.0. The summed E-state index contributed by atoms with van der Waals surface area (Å²) in [5, 5.41) is 7.11. The minimum Gasteiger partial charge on any atom is -0.355 e. The van der Waals surface area contributed by atoms with Gasteiger partial charge in [0.25, 0.3) is 0 Å². The lowest BCUT2D eigenvalue weighted by Gasteiger charge is -2.30. The second-order valence-electron chi connectivity index (χ2n) is 8.25. The van der Waals surface area contributed by atoms with Crippen LogP contribution >= 0.6 is 0 Å². The molecule has 1 amide bonds. The van der Waals surface area contributed by atoms with Gasteiger partial charge in [-0.3, -0.25) is 9.69 Å². The van der Waals surface area contributed by atoms with Crippen molar-refractivity contribution in [2.45, 2.75) is 50.9 Å². The first-order chi connectivity index (χ1) is 14.7. The third-order valence-corrected chi connectivity index (χ3v) is 5.92. The molecule has 2 aliphatic rings.